The Balaban J connectivity index is 5.41. The maximum atomic E-state index is 13.1. The Morgan fingerprint density at radius 3 is 0.939 bits per heavy atom. The molecule has 0 aromatic rings. The minimum Gasteiger partial charge on any atom is -0.462 e. The Morgan fingerprint density at radius 2 is 0.571 bits per heavy atom. The Morgan fingerprint density at radius 1 is 0.306 bits per heavy atom. The Labute approximate surface area is 593 Å². The number of hydrogen-bond donors (Lipinski definition) is 3. The zero-order valence-electron chi connectivity index (χ0n) is 60.9. The van der Waals surface area contributed by atoms with Crippen molar-refractivity contribution in [2.24, 2.45) is 0 Å². The molecule has 5 atom stereocenters. The molecule has 0 aromatic carbocycles. The summed E-state index contributed by atoms with van der Waals surface area (Å²) < 4.78 is 68.2. The fourth-order valence-corrected chi connectivity index (χ4v) is 11.1. The van der Waals surface area contributed by atoms with E-state index in [1.165, 1.54) is 64.2 Å². The molecule has 0 amide bonds. The topological polar surface area (TPSA) is 237 Å². The molecular weight excluding hydrogens is 1280 g/mol. The van der Waals surface area contributed by atoms with Crippen molar-refractivity contribution in [2.75, 3.05) is 39.6 Å². The van der Waals surface area contributed by atoms with Crippen molar-refractivity contribution in [1.29, 1.82) is 0 Å². The summed E-state index contributed by atoms with van der Waals surface area (Å²) >= 11 is 0. The number of hydrogen-bond acceptors (Lipinski definition) is 15. The van der Waals surface area contributed by atoms with Crippen molar-refractivity contribution in [2.45, 2.75) is 303 Å². The number of unbranched alkanes of at least 4 members (excludes halogenated alkanes) is 22. The van der Waals surface area contributed by atoms with Gasteiger partial charge in [-0.1, -0.05) is 271 Å². The van der Waals surface area contributed by atoms with Crippen LogP contribution in [0.5, 0.6) is 0 Å². The van der Waals surface area contributed by atoms with Crippen LogP contribution < -0.4 is 0 Å². The number of aliphatic hydroxyl groups is 1. The lowest BCUT2D eigenvalue weighted by Crippen LogP contribution is -2.30. The highest BCUT2D eigenvalue weighted by Crippen LogP contribution is 2.45. The molecule has 0 rings (SSSR count). The van der Waals surface area contributed by atoms with Crippen molar-refractivity contribution < 1.29 is 80.2 Å². The van der Waals surface area contributed by atoms with Gasteiger partial charge in [-0.3, -0.25) is 37.3 Å². The van der Waals surface area contributed by atoms with E-state index in [4.69, 9.17) is 37.0 Å². The standard InChI is InChI=1S/C79H132O17P2/c1-5-9-13-17-21-25-29-32-34-35-36-37-39-42-45-48-52-56-60-64-77(82)90-70-75(96-79(84)66-62-58-54-50-46-40-31-27-23-19-15-11-7-3)72-94-98(87,88)92-68-73(80)67-91-97(85,86)93-71-74(95-78(83)65-61-57-53-49-43-28-24-20-16-12-8-4)69-89-76(81)63-59-55-51-47-44-41-38-33-30-26-22-18-14-10-6-2/h9-10,13-14,21-22,25-27,31-34,36-38,42,44-45,47,55,59,73-75,80H,5-8,11-12,15-20,23-24,28-30,35,39-41,43,46,48-54,56-58,60-72H2,1-4H3,(H,85,86)(H,87,88)/b13-9-,14-10-,25-21-,26-22-,31-27-,34-32-,37-36-,38-33-,45-42-,47-44-,59-55-. The molecule has 5 unspecified atom stereocenters. The third kappa shape index (κ3) is 69.7. The van der Waals surface area contributed by atoms with Crippen molar-refractivity contribution in [3.63, 3.8) is 0 Å². The van der Waals surface area contributed by atoms with E-state index >= 15 is 0 Å². The second-order valence-corrected chi connectivity index (χ2v) is 27.4. The van der Waals surface area contributed by atoms with Gasteiger partial charge < -0.3 is 33.8 Å². The summed E-state index contributed by atoms with van der Waals surface area (Å²) in [6.45, 7) is 4.45. The molecule has 98 heavy (non-hydrogen) atoms. The number of ether oxygens (including phenoxy) is 4. The van der Waals surface area contributed by atoms with Gasteiger partial charge in [-0.05, 0) is 122 Å². The first-order valence-corrected chi connectivity index (χ1v) is 40.4. The van der Waals surface area contributed by atoms with Crippen LogP contribution in [-0.4, -0.2) is 96.7 Å². The maximum absolute atomic E-state index is 13.1. The highest BCUT2D eigenvalue weighted by molar-refractivity contribution is 7.47. The minimum atomic E-state index is -4.99. The van der Waals surface area contributed by atoms with Gasteiger partial charge in [0.2, 0.25) is 0 Å². The zero-order valence-corrected chi connectivity index (χ0v) is 62.7. The number of carbonyl (C=O) groups excluding carboxylic acids is 4. The molecule has 0 saturated heterocycles. The number of rotatable bonds is 69. The van der Waals surface area contributed by atoms with Crippen LogP contribution in [0.2, 0.25) is 0 Å². The van der Waals surface area contributed by atoms with Gasteiger partial charge in [-0.2, -0.15) is 0 Å². The molecule has 0 radical (unpaired) electrons. The van der Waals surface area contributed by atoms with E-state index in [9.17, 15) is 43.2 Å². The highest BCUT2D eigenvalue weighted by atomic mass is 31.2. The molecule has 0 heterocycles. The van der Waals surface area contributed by atoms with Crippen molar-refractivity contribution >= 4 is 39.5 Å². The summed E-state index contributed by atoms with van der Waals surface area (Å²) in [7, 11) is -9.98. The number of carbonyl (C=O) groups is 4. The number of phosphoric ester groups is 2. The Bertz CT molecular complexity index is 2380. The summed E-state index contributed by atoms with van der Waals surface area (Å²) in [6.07, 6.45) is 77.7. The number of aliphatic hydroxyl groups excluding tert-OH is 1. The van der Waals surface area contributed by atoms with Crippen LogP contribution in [-0.2, 0) is 65.4 Å². The Kier molecular flexibility index (Phi) is 67.2. The lowest BCUT2D eigenvalue weighted by Gasteiger charge is -2.21. The van der Waals surface area contributed by atoms with Gasteiger partial charge in [0.1, 0.15) is 19.3 Å². The fourth-order valence-electron chi connectivity index (χ4n) is 9.49. The van der Waals surface area contributed by atoms with E-state index in [2.05, 4.69) is 137 Å². The summed E-state index contributed by atoms with van der Waals surface area (Å²) in [5.74, 6) is -2.37. The van der Waals surface area contributed by atoms with E-state index in [1.807, 2.05) is 18.2 Å². The maximum Gasteiger partial charge on any atom is 0.472 e. The molecule has 0 spiro atoms. The molecule has 0 aliphatic rings. The average molecular weight is 1420 g/mol. The summed E-state index contributed by atoms with van der Waals surface area (Å²) in [5, 5.41) is 10.6. The van der Waals surface area contributed by atoms with Crippen LogP contribution in [0.3, 0.4) is 0 Å². The SMILES string of the molecule is CC/C=C\C/C=C\C/C=C\C/C=C\C/C=C\CCCCCC(=O)OCC(COP(=O)(O)OCC(O)COP(=O)(O)OCC(COC(=O)C/C=C\C/C=C\C/C=C\C/C=C\C/C=C\CC)OC(=O)CCCCCCCCCCCCC)OC(=O)CCCCCCC/C=C\CCCCCC. The predicted octanol–water partition coefficient (Wildman–Crippen LogP) is 21.3. The lowest BCUT2D eigenvalue weighted by molar-refractivity contribution is -0.161. The number of allylic oxidation sites excluding steroid dienone is 21. The predicted molar refractivity (Wildman–Crippen MR) is 399 cm³/mol. The fraction of sp³-hybridized carbons (Fsp3) is 0.671. The van der Waals surface area contributed by atoms with Crippen molar-refractivity contribution in [1.82, 2.24) is 0 Å². The smallest absolute Gasteiger partial charge is 0.462 e. The van der Waals surface area contributed by atoms with E-state index in [1.54, 1.807) is 6.08 Å². The highest BCUT2D eigenvalue weighted by Gasteiger charge is 2.30. The van der Waals surface area contributed by atoms with E-state index in [0.29, 0.717) is 25.7 Å². The number of phosphoric acid groups is 2. The third-order valence-electron chi connectivity index (χ3n) is 15.1. The van der Waals surface area contributed by atoms with Crippen LogP contribution in [0, 0.1) is 0 Å². The molecule has 19 heteroatoms. The molecular formula is C79H132O17P2. The van der Waals surface area contributed by atoms with Gasteiger partial charge in [0, 0.05) is 19.3 Å². The van der Waals surface area contributed by atoms with Crippen LogP contribution in [0.4, 0.5) is 0 Å². The minimum absolute atomic E-state index is 0.0719. The van der Waals surface area contributed by atoms with Crippen molar-refractivity contribution in [3.05, 3.63) is 134 Å². The van der Waals surface area contributed by atoms with E-state index in [0.717, 1.165) is 141 Å². The molecule has 3 N–H and O–H groups in total. The van der Waals surface area contributed by atoms with Gasteiger partial charge in [0.05, 0.1) is 32.8 Å². The van der Waals surface area contributed by atoms with Crippen LogP contribution in [0.1, 0.15) is 285 Å². The zero-order chi connectivity index (χ0) is 71.8. The molecule has 17 nitrogen and oxygen atoms in total. The van der Waals surface area contributed by atoms with Crippen LogP contribution in [0.25, 0.3) is 0 Å². The van der Waals surface area contributed by atoms with Gasteiger partial charge >= 0.3 is 39.5 Å². The van der Waals surface area contributed by atoms with Crippen LogP contribution >= 0.6 is 15.6 Å². The molecule has 0 aliphatic carbocycles. The van der Waals surface area contributed by atoms with Gasteiger partial charge in [0.15, 0.2) is 12.2 Å². The second-order valence-electron chi connectivity index (χ2n) is 24.5. The first-order valence-electron chi connectivity index (χ1n) is 37.4. The van der Waals surface area contributed by atoms with Crippen molar-refractivity contribution in [3.8, 4) is 0 Å². The quantitative estimate of drug-likeness (QED) is 0.0169. The molecule has 0 aromatic heterocycles. The number of esters is 4. The molecule has 0 aliphatic heterocycles. The lowest BCUT2D eigenvalue weighted by atomic mass is 10.1. The van der Waals surface area contributed by atoms with E-state index in [-0.39, 0.29) is 25.7 Å². The van der Waals surface area contributed by atoms with E-state index < -0.39 is 97.5 Å². The molecule has 560 valence electrons. The summed E-state index contributed by atoms with van der Waals surface area (Å²) in [6, 6.07) is 0. The molecule has 0 bridgehead atoms. The summed E-state index contributed by atoms with van der Waals surface area (Å²) in [4.78, 5) is 72.7. The first kappa shape index (κ1) is 93.2. The monoisotopic (exact) mass is 1410 g/mol. The summed E-state index contributed by atoms with van der Waals surface area (Å²) in [5.41, 5.74) is 0. The van der Waals surface area contributed by atoms with Gasteiger partial charge in [-0.15, -0.1) is 0 Å². The Hall–Kier alpha value is -4.80. The largest absolute Gasteiger partial charge is 0.472 e. The average Bonchev–Trinajstić information content (AvgIpc) is 0.972. The molecule has 0 saturated carbocycles. The second kappa shape index (κ2) is 70.6. The normalized spacial score (nSPS) is 14.7. The van der Waals surface area contributed by atoms with Gasteiger partial charge in [0.25, 0.3) is 0 Å². The first-order chi connectivity index (χ1) is 47.7. The van der Waals surface area contributed by atoms with Crippen LogP contribution in [0.15, 0.2) is 134 Å². The molecule has 0 fully saturated rings. The van der Waals surface area contributed by atoms with Gasteiger partial charge in [-0.25, -0.2) is 9.13 Å². The third-order valence-corrected chi connectivity index (χ3v) is 17.0.